The second kappa shape index (κ2) is 4.33. The molecule has 2 aromatic rings. The molecule has 1 aromatic heterocycles. The van der Waals surface area contributed by atoms with Crippen molar-refractivity contribution in [3.05, 3.63) is 35.0 Å². The van der Waals surface area contributed by atoms with Gasteiger partial charge in [-0.15, -0.1) is 0 Å². The molecule has 17 heavy (non-hydrogen) atoms. The van der Waals surface area contributed by atoms with Crippen molar-refractivity contribution in [3.63, 3.8) is 0 Å². The van der Waals surface area contributed by atoms with Crippen LogP contribution in [0.5, 0.6) is 0 Å². The lowest BCUT2D eigenvalue weighted by Crippen LogP contribution is -2.28. The average molecular weight is 252 g/mol. The molecule has 90 valence electrons. The first kappa shape index (κ1) is 11.1. The van der Waals surface area contributed by atoms with Crippen LogP contribution in [-0.2, 0) is 0 Å². The predicted octanol–water partition coefficient (Wildman–Crippen LogP) is 2.87. The van der Waals surface area contributed by atoms with Crippen molar-refractivity contribution in [2.45, 2.75) is 25.0 Å². The van der Waals surface area contributed by atoms with Crippen LogP contribution in [0.1, 0.15) is 24.7 Å². The topological polar surface area (TPSA) is 45.4 Å². The van der Waals surface area contributed by atoms with E-state index in [1.165, 1.54) is 0 Å². The van der Waals surface area contributed by atoms with Crippen LogP contribution >= 0.6 is 11.6 Å². The van der Waals surface area contributed by atoms with Gasteiger partial charge in [0.15, 0.2) is 5.58 Å². The highest BCUT2D eigenvalue weighted by molar-refractivity contribution is 6.34. The number of nitrogens with one attached hydrogen (secondary N) is 1. The fraction of sp³-hybridized carbons (Fsp3) is 0.385. The zero-order valence-corrected chi connectivity index (χ0v) is 10.1. The summed E-state index contributed by atoms with van der Waals surface area (Å²) in [5, 5.41) is 15.0. The molecular formula is C13H14ClNO2. The molecule has 3 nitrogen and oxygen atoms in total. The van der Waals surface area contributed by atoms with E-state index in [9.17, 15) is 5.11 Å². The van der Waals surface area contributed by atoms with Gasteiger partial charge in [-0.2, -0.15) is 0 Å². The number of para-hydroxylation sites is 1. The van der Waals surface area contributed by atoms with Gasteiger partial charge < -0.3 is 14.8 Å². The van der Waals surface area contributed by atoms with Crippen LogP contribution < -0.4 is 5.32 Å². The van der Waals surface area contributed by atoms with Crippen LogP contribution in [0.3, 0.4) is 0 Å². The minimum atomic E-state index is -0.596. The monoisotopic (exact) mass is 251 g/mol. The molecule has 2 heterocycles. The van der Waals surface area contributed by atoms with Crippen molar-refractivity contribution in [1.29, 1.82) is 0 Å². The van der Waals surface area contributed by atoms with Crippen molar-refractivity contribution in [1.82, 2.24) is 5.32 Å². The Morgan fingerprint density at radius 3 is 3.06 bits per heavy atom. The van der Waals surface area contributed by atoms with Crippen LogP contribution in [0.2, 0.25) is 5.02 Å². The van der Waals surface area contributed by atoms with E-state index in [2.05, 4.69) is 5.32 Å². The zero-order valence-electron chi connectivity index (χ0n) is 9.32. The molecule has 0 amide bonds. The Morgan fingerprint density at radius 2 is 2.35 bits per heavy atom. The minimum absolute atomic E-state index is 0.0920. The quantitative estimate of drug-likeness (QED) is 0.863. The fourth-order valence-corrected chi connectivity index (χ4v) is 2.59. The first-order chi connectivity index (χ1) is 8.25. The van der Waals surface area contributed by atoms with Crippen molar-refractivity contribution in [2.75, 3.05) is 6.54 Å². The molecule has 1 fully saturated rings. The van der Waals surface area contributed by atoms with E-state index in [0.717, 1.165) is 24.8 Å². The van der Waals surface area contributed by atoms with E-state index in [4.69, 9.17) is 16.0 Å². The largest absolute Gasteiger partial charge is 0.457 e. The van der Waals surface area contributed by atoms with E-state index in [1.807, 2.05) is 18.2 Å². The van der Waals surface area contributed by atoms with Crippen LogP contribution in [-0.4, -0.2) is 17.7 Å². The molecule has 3 rings (SSSR count). The van der Waals surface area contributed by atoms with Crippen LogP contribution in [0.4, 0.5) is 0 Å². The first-order valence-electron chi connectivity index (χ1n) is 5.85. The normalized spacial score (nSPS) is 22.1. The molecule has 2 N–H and O–H groups in total. The lowest BCUT2D eigenvalue weighted by molar-refractivity contribution is 0.115. The number of aliphatic hydroxyl groups is 1. The number of furan rings is 1. The van der Waals surface area contributed by atoms with Gasteiger partial charge in [0.25, 0.3) is 0 Å². The number of benzene rings is 1. The fourth-order valence-electron chi connectivity index (χ4n) is 2.37. The zero-order chi connectivity index (χ0) is 11.8. The smallest absolute Gasteiger partial charge is 0.152 e. The van der Waals surface area contributed by atoms with Crippen LogP contribution in [0, 0.1) is 0 Å². The van der Waals surface area contributed by atoms with Gasteiger partial charge in [0.05, 0.1) is 5.02 Å². The molecule has 0 saturated carbocycles. The average Bonchev–Trinajstić information content (AvgIpc) is 2.98. The van der Waals surface area contributed by atoms with Crippen molar-refractivity contribution >= 4 is 22.6 Å². The Morgan fingerprint density at radius 1 is 1.47 bits per heavy atom. The molecule has 1 aromatic carbocycles. The Labute approximate surface area is 104 Å². The minimum Gasteiger partial charge on any atom is -0.457 e. The third kappa shape index (κ3) is 1.95. The van der Waals surface area contributed by atoms with Gasteiger partial charge >= 0.3 is 0 Å². The van der Waals surface area contributed by atoms with E-state index >= 15 is 0 Å². The summed E-state index contributed by atoms with van der Waals surface area (Å²) in [6.45, 7) is 0.961. The Bertz CT molecular complexity index is 531. The second-order valence-electron chi connectivity index (χ2n) is 4.45. The molecule has 4 heteroatoms. The van der Waals surface area contributed by atoms with Crippen LogP contribution in [0.15, 0.2) is 28.7 Å². The van der Waals surface area contributed by atoms with E-state index < -0.39 is 6.10 Å². The van der Waals surface area contributed by atoms with Crippen molar-refractivity contribution in [2.24, 2.45) is 0 Å². The highest BCUT2D eigenvalue weighted by atomic mass is 35.5. The lowest BCUT2D eigenvalue weighted by atomic mass is 10.1. The highest BCUT2D eigenvalue weighted by Gasteiger charge is 2.26. The Balaban J connectivity index is 1.97. The maximum Gasteiger partial charge on any atom is 0.152 e. The molecule has 0 bridgehead atoms. The summed E-state index contributed by atoms with van der Waals surface area (Å²) in [7, 11) is 0. The van der Waals surface area contributed by atoms with Gasteiger partial charge in [-0.1, -0.05) is 23.7 Å². The third-order valence-corrected chi connectivity index (χ3v) is 3.58. The van der Waals surface area contributed by atoms with Gasteiger partial charge in [0.2, 0.25) is 0 Å². The first-order valence-corrected chi connectivity index (χ1v) is 6.23. The summed E-state index contributed by atoms with van der Waals surface area (Å²) in [6.07, 6.45) is 1.48. The molecule has 1 saturated heterocycles. The summed E-state index contributed by atoms with van der Waals surface area (Å²) >= 11 is 6.04. The van der Waals surface area contributed by atoms with Gasteiger partial charge in [-0.25, -0.2) is 0 Å². The summed E-state index contributed by atoms with van der Waals surface area (Å²) in [6, 6.07) is 7.56. The summed E-state index contributed by atoms with van der Waals surface area (Å²) in [5.74, 6) is 0.590. The maximum absolute atomic E-state index is 10.2. The Hall–Kier alpha value is -1.03. The highest BCUT2D eigenvalue weighted by Crippen LogP contribution is 2.31. The SMILES string of the molecule is OC(c1cc2cccc(Cl)c2o1)C1CCCN1. The number of aliphatic hydroxyl groups excluding tert-OH is 1. The predicted molar refractivity (Wildman–Crippen MR) is 67.2 cm³/mol. The van der Waals surface area contributed by atoms with Gasteiger partial charge in [0, 0.05) is 11.4 Å². The lowest BCUT2D eigenvalue weighted by Gasteiger charge is -2.15. The van der Waals surface area contributed by atoms with Gasteiger partial charge in [-0.05, 0) is 31.5 Å². The van der Waals surface area contributed by atoms with E-state index in [0.29, 0.717) is 16.4 Å². The molecule has 1 aliphatic rings. The van der Waals surface area contributed by atoms with Crippen molar-refractivity contribution in [3.8, 4) is 0 Å². The number of rotatable bonds is 2. The molecular weight excluding hydrogens is 238 g/mol. The molecule has 2 atom stereocenters. The molecule has 1 aliphatic heterocycles. The standard InChI is InChI=1S/C13H14ClNO2/c14-9-4-1-3-8-7-11(17-13(8)9)12(16)10-5-2-6-15-10/h1,3-4,7,10,12,15-16H,2,5-6H2. The summed E-state index contributed by atoms with van der Waals surface area (Å²) in [5.41, 5.74) is 0.654. The van der Waals surface area contributed by atoms with E-state index in [1.54, 1.807) is 6.07 Å². The number of hydrogen-bond acceptors (Lipinski definition) is 3. The molecule has 2 unspecified atom stereocenters. The Kier molecular flexibility index (Phi) is 2.82. The van der Waals surface area contributed by atoms with Gasteiger partial charge in [-0.3, -0.25) is 0 Å². The molecule has 0 spiro atoms. The second-order valence-corrected chi connectivity index (χ2v) is 4.86. The number of halogens is 1. The van der Waals surface area contributed by atoms with Crippen molar-refractivity contribution < 1.29 is 9.52 Å². The molecule has 0 radical (unpaired) electrons. The third-order valence-electron chi connectivity index (χ3n) is 3.29. The van der Waals surface area contributed by atoms with Gasteiger partial charge in [0.1, 0.15) is 11.9 Å². The van der Waals surface area contributed by atoms with E-state index in [-0.39, 0.29) is 6.04 Å². The summed E-state index contributed by atoms with van der Waals surface area (Å²) in [4.78, 5) is 0. The summed E-state index contributed by atoms with van der Waals surface area (Å²) < 4.78 is 5.65. The molecule has 0 aliphatic carbocycles. The maximum atomic E-state index is 10.2. The number of hydrogen-bond donors (Lipinski definition) is 2. The van der Waals surface area contributed by atoms with Crippen LogP contribution in [0.25, 0.3) is 11.0 Å². The number of fused-ring (bicyclic) bond motifs is 1.